The molecule has 2 aromatic carbocycles. The van der Waals surface area contributed by atoms with Crippen molar-refractivity contribution in [2.75, 3.05) is 13.2 Å². The van der Waals surface area contributed by atoms with Crippen molar-refractivity contribution in [2.45, 2.75) is 68.0 Å². The third-order valence-electron chi connectivity index (χ3n) is 7.61. The van der Waals surface area contributed by atoms with Crippen LogP contribution in [0.1, 0.15) is 5.56 Å². The summed E-state index contributed by atoms with van der Waals surface area (Å²) in [6.07, 6.45) is -16.0. The van der Waals surface area contributed by atoms with Crippen LogP contribution in [0.2, 0.25) is 0 Å². The summed E-state index contributed by atoms with van der Waals surface area (Å²) in [5, 5.41) is 110. The fraction of sp³-hybridized carbons (Fsp3) is 0.464. The summed E-state index contributed by atoms with van der Waals surface area (Å²) in [5.41, 5.74) is -1.38. The fourth-order valence-electron chi connectivity index (χ4n) is 5.10. The molecular weight excluding hydrogens is 608 g/mol. The number of benzene rings is 2. The van der Waals surface area contributed by atoms with Gasteiger partial charge in [-0.05, 0) is 18.2 Å². The van der Waals surface area contributed by atoms with Gasteiger partial charge < -0.3 is 79.5 Å². The van der Waals surface area contributed by atoms with Crippen molar-refractivity contribution in [3.8, 4) is 34.3 Å². The molecule has 0 saturated carbocycles. The highest BCUT2D eigenvalue weighted by molar-refractivity contribution is 5.87. The van der Waals surface area contributed by atoms with E-state index in [2.05, 4.69) is 0 Å². The number of hydrogen-bond acceptors (Lipinski definition) is 17. The molecular formula is C28H32O17. The molecule has 45 heavy (non-hydrogen) atoms. The van der Waals surface area contributed by atoms with E-state index in [1.165, 1.54) is 12.1 Å². The Kier molecular flexibility index (Phi) is 9.49. The van der Waals surface area contributed by atoms with Crippen LogP contribution in [-0.4, -0.2) is 131 Å². The molecule has 3 heterocycles. The maximum atomic E-state index is 13.3. The molecule has 2 aliphatic rings. The lowest BCUT2D eigenvalue weighted by atomic mass is 9.99. The molecule has 0 amide bonds. The van der Waals surface area contributed by atoms with E-state index < -0.39 is 98.2 Å². The van der Waals surface area contributed by atoms with Crippen molar-refractivity contribution in [1.82, 2.24) is 0 Å². The number of aliphatic hydroxyl groups excluding tert-OH is 9. The molecule has 0 spiro atoms. The van der Waals surface area contributed by atoms with Crippen LogP contribution in [0.5, 0.6) is 23.0 Å². The molecule has 10 atom stereocenters. The van der Waals surface area contributed by atoms with E-state index in [9.17, 15) is 61.0 Å². The van der Waals surface area contributed by atoms with Gasteiger partial charge in [-0.2, -0.15) is 0 Å². The van der Waals surface area contributed by atoms with Crippen LogP contribution in [0.15, 0.2) is 39.5 Å². The first-order valence-corrected chi connectivity index (χ1v) is 13.6. The average molecular weight is 641 g/mol. The van der Waals surface area contributed by atoms with Gasteiger partial charge >= 0.3 is 0 Å². The molecule has 0 radical (unpaired) electrons. The summed E-state index contributed by atoms with van der Waals surface area (Å²) >= 11 is 0. The number of aromatic hydroxyl groups is 2. The van der Waals surface area contributed by atoms with E-state index >= 15 is 0 Å². The predicted octanol–water partition coefficient (Wildman–Crippen LogP) is -3.28. The molecule has 2 fully saturated rings. The molecule has 0 aliphatic carbocycles. The van der Waals surface area contributed by atoms with Crippen LogP contribution in [0.25, 0.3) is 22.3 Å². The van der Waals surface area contributed by atoms with Gasteiger partial charge in [-0.1, -0.05) is 0 Å². The van der Waals surface area contributed by atoms with Gasteiger partial charge in [0.1, 0.15) is 77.1 Å². The zero-order valence-corrected chi connectivity index (χ0v) is 23.2. The zero-order chi connectivity index (χ0) is 32.7. The first-order chi connectivity index (χ1) is 21.4. The van der Waals surface area contributed by atoms with Crippen LogP contribution in [0, 0.1) is 0 Å². The summed E-state index contributed by atoms with van der Waals surface area (Å²) < 4.78 is 27.4. The fourth-order valence-corrected chi connectivity index (χ4v) is 5.10. The average Bonchev–Trinajstić information content (AvgIpc) is 3.02. The molecule has 17 heteroatoms. The minimum Gasteiger partial charge on any atom is -0.507 e. The van der Waals surface area contributed by atoms with Gasteiger partial charge in [-0.25, -0.2) is 0 Å². The minimum absolute atomic E-state index is 0.0384. The van der Waals surface area contributed by atoms with Crippen LogP contribution < -0.4 is 14.9 Å². The second-order valence-corrected chi connectivity index (χ2v) is 10.5. The SMILES string of the molecule is O=c1c(CO)c(-c2ccc(O[C@@H]3O[C@H](CO)[C@@H](O)[C@H](O)[C@H]3O)c(O)c2)oc2cc(O[C@@H]3O[C@H](CO)[C@@H](O)[C@H](O)[C@H]3O)cc(O)c12. The van der Waals surface area contributed by atoms with Gasteiger partial charge in [0.05, 0.1) is 25.4 Å². The molecule has 11 N–H and O–H groups in total. The largest absolute Gasteiger partial charge is 0.507 e. The van der Waals surface area contributed by atoms with E-state index in [-0.39, 0.29) is 39.4 Å². The van der Waals surface area contributed by atoms with Crippen molar-refractivity contribution in [2.24, 2.45) is 0 Å². The van der Waals surface area contributed by atoms with Crippen LogP contribution in [-0.2, 0) is 16.1 Å². The quantitative estimate of drug-likeness (QED) is 0.115. The Hall–Kier alpha value is -3.59. The smallest absolute Gasteiger partial charge is 0.229 e. The maximum Gasteiger partial charge on any atom is 0.229 e. The standard InChI is InChI=1S/C28H32O17/c29-6-11-19(34)18-13(33)4-10(41-27-24(39)22(37)20(35)16(7-30)44-27)5-15(18)42-26(11)9-1-2-14(12(32)3-9)43-28-25(40)23(38)21(36)17(8-31)45-28/h1-5,16-17,20-25,27-33,35-40H,6-8H2/t16-,17-,20-,21-,22+,23+,24-,25-,27-,28-/m1/s1. The van der Waals surface area contributed by atoms with Crippen molar-refractivity contribution in [3.05, 3.63) is 46.1 Å². The van der Waals surface area contributed by atoms with Gasteiger partial charge in [0.25, 0.3) is 0 Å². The van der Waals surface area contributed by atoms with Crippen molar-refractivity contribution < 1.29 is 79.5 Å². The second-order valence-electron chi connectivity index (χ2n) is 10.5. The molecule has 0 bridgehead atoms. The molecule has 0 unspecified atom stereocenters. The van der Waals surface area contributed by atoms with E-state index in [0.29, 0.717) is 0 Å². The Bertz CT molecular complexity index is 1570. The number of ether oxygens (including phenoxy) is 4. The first kappa shape index (κ1) is 32.8. The second kappa shape index (κ2) is 13.0. The van der Waals surface area contributed by atoms with Gasteiger partial charge in [-0.15, -0.1) is 0 Å². The summed E-state index contributed by atoms with van der Waals surface area (Å²) in [5.74, 6) is -1.95. The van der Waals surface area contributed by atoms with Crippen molar-refractivity contribution in [1.29, 1.82) is 0 Å². The summed E-state index contributed by atoms with van der Waals surface area (Å²) in [4.78, 5) is 13.3. The highest BCUT2D eigenvalue weighted by Crippen LogP contribution is 2.38. The predicted molar refractivity (Wildman–Crippen MR) is 146 cm³/mol. The third kappa shape index (κ3) is 6.03. The molecule has 5 rings (SSSR count). The van der Waals surface area contributed by atoms with Crippen LogP contribution in [0.3, 0.4) is 0 Å². The lowest BCUT2D eigenvalue weighted by molar-refractivity contribution is -0.277. The van der Waals surface area contributed by atoms with Crippen LogP contribution >= 0.6 is 0 Å². The minimum atomic E-state index is -1.77. The summed E-state index contributed by atoms with van der Waals surface area (Å²) in [6, 6.07) is 5.69. The highest BCUT2D eigenvalue weighted by atomic mass is 16.7. The molecule has 2 saturated heterocycles. The van der Waals surface area contributed by atoms with Gasteiger partial charge in [0.15, 0.2) is 11.5 Å². The Morgan fingerprint density at radius 2 is 1.27 bits per heavy atom. The lowest BCUT2D eigenvalue weighted by Gasteiger charge is -2.39. The molecule has 1 aromatic heterocycles. The maximum absolute atomic E-state index is 13.3. The number of phenolic OH excluding ortho intramolecular Hbond substituents is 2. The van der Waals surface area contributed by atoms with E-state index in [4.69, 9.17) is 23.4 Å². The summed E-state index contributed by atoms with van der Waals surface area (Å²) in [6.45, 7) is -2.26. The molecule has 3 aromatic rings. The number of hydrogen-bond donors (Lipinski definition) is 11. The Balaban J connectivity index is 1.47. The number of phenols is 2. The molecule has 246 valence electrons. The number of rotatable bonds is 8. The summed E-state index contributed by atoms with van der Waals surface area (Å²) in [7, 11) is 0. The van der Waals surface area contributed by atoms with E-state index in [1.807, 2.05) is 0 Å². The third-order valence-corrected chi connectivity index (χ3v) is 7.61. The van der Waals surface area contributed by atoms with Gasteiger partial charge in [0, 0.05) is 17.7 Å². The number of fused-ring (bicyclic) bond motifs is 1. The van der Waals surface area contributed by atoms with Crippen LogP contribution in [0.4, 0.5) is 0 Å². The highest BCUT2D eigenvalue weighted by Gasteiger charge is 2.46. The first-order valence-electron chi connectivity index (χ1n) is 13.6. The zero-order valence-electron chi connectivity index (χ0n) is 23.2. The molecule has 17 nitrogen and oxygen atoms in total. The van der Waals surface area contributed by atoms with Gasteiger partial charge in [0.2, 0.25) is 18.0 Å². The van der Waals surface area contributed by atoms with E-state index in [0.717, 1.165) is 18.2 Å². The Morgan fingerprint density at radius 3 is 1.80 bits per heavy atom. The lowest BCUT2D eigenvalue weighted by Crippen LogP contribution is -2.60. The Labute approximate surface area is 252 Å². The van der Waals surface area contributed by atoms with E-state index in [1.54, 1.807) is 0 Å². The number of aliphatic hydroxyl groups is 9. The van der Waals surface area contributed by atoms with Gasteiger partial charge in [-0.3, -0.25) is 4.79 Å². The normalized spacial score (nSPS) is 32.0. The Morgan fingerprint density at radius 1 is 0.689 bits per heavy atom. The topological polar surface area (TPSA) is 290 Å². The molecule has 2 aliphatic heterocycles. The van der Waals surface area contributed by atoms with Crippen molar-refractivity contribution in [3.63, 3.8) is 0 Å². The van der Waals surface area contributed by atoms with Crippen molar-refractivity contribution >= 4 is 11.0 Å². The monoisotopic (exact) mass is 640 g/mol.